The SMILES string of the molecule is Cc1ccc2oc(C(C)C)nc2c1-c1n(-c2ccccc2)c2ccccc2[n+]1C. The van der Waals surface area contributed by atoms with Crippen LogP contribution in [0.3, 0.4) is 0 Å². The van der Waals surface area contributed by atoms with Gasteiger partial charge in [-0.25, -0.2) is 9.55 Å². The Morgan fingerprint density at radius 3 is 2.41 bits per heavy atom. The minimum Gasteiger partial charge on any atom is -0.440 e. The molecule has 0 aliphatic carbocycles. The van der Waals surface area contributed by atoms with Gasteiger partial charge >= 0.3 is 0 Å². The van der Waals surface area contributed by atoms with E-state index in [1.54, 1.807) is 0 Å². The molecule has 0 unspecified atom stereocenters. The molecule has 4 nitrogen and oxygen atoms in total. The van der Waals surface area contributed by atoms with Crippen LogP contribution < -0.4 is 4.57 Å². The van der Waals surface area contributed by atoms with Gasteiger partial charge in [-0.2, -0.15) is 4.57 Å². The van der Waals surface area contributed by atoms with Crippen molar-refractivity contribution in [2.75, 3.05) is 0 Å². The van der Waals surface area contributed by atoms with Gasteiger partial charge in [0.2, 0.25) is 0 Å². The number of benzene rings is 3. The minimum atomic E-state index is 0.240. The first-order valence-corrected chi connectivity index (χ1v) is 10.0. The number of rotatable bonds is 3. The van der Waals surface area contributed by atoms with Crippen molar-refractivity contribution in [3.05, 3.63) is 78.2 Å². The van der Waals surface area contributed by atoms with Gasteiger partial charge in [0.05, 0.1) is 12.6 Å². The number of hydrogen-bond donors (Lipinski definition) is 0. The van der Waals surface area contributed by atoms with Gasteiger partial charge in [0.25, 0.3) is 5.82 Å². The van der Waals surface area contributed by atoms with Crippen molar-refractivity contribution in [3.8, 4) is 17.1 Å². The maximum atomic E-state index is 6.08. The molecule has 29 heavy (non-hydrogen) atoms. The van der Waals surface area contributed by atoms with Crippen LogP contribution in [-0.2, 0) is 7.05 Å². The van der Waals surface area contributed by atoms with E-state index in [9.17, 15) is 0 Å². The van der Waals surface area contributed by atoms with E-state index in [4.69, 9.17) is 9.40 Å². The molecule has 0 saturated carbocycles. The van der Waals surface area contributed by atoms with Gasteiger partial charge in [-0.3, -0.25) is 0 Å². The molecule has 0 amide bonds. The Kier molecular flexibility index (Phi) is 4.02. The average Bonchev–Trinajstić information content (AvgIpc) is 3.29. The van der Waals surface area contributed by atoms with Crippen molar-refractivity contribution in [2.45, 2.75) is 26.7 Å². The maximum absolute atomic E-state index is 6.08. The molecule has 0 N–H and O–H groups in total. The number of imidazole rings is 1. The first-order chi connectivity index (χ1) is 14.1. The summed E-state index contributed by atoms with van der Waals surface area (Å²) in [5.74, 6) is 2.12. The summed E-state index contributed by atoms with van der Waals surface area (Å²) in [5.41, 5.74) is 7.51. The highest BCUT2D eigenvalue weighted by atomic mass is 16.3. The lowest BCUT2D eigenvalue weighted by Gasteiger charge is -2.07. The molecule has 0 radical (unpaired) electrons. The normalized spacial score (nSPS) is 11.8. The summed E-state index contributed by atoms with van der Waals surface area (Å²) in [7, 11) is 2.12. The lowest BCUT2D eigenvalue weighted by Crippen LogP contribution is -2.30. The molecule has 5 rings (SSSR count). The molecule has 2 heterocycles. The summed E-state index contributed by atoms with van der Waals surface area (Å²) in [6, 6.07) is 23.2. The van der Waals surface area contributed by atoms with E-state index in [0.29, 0.717) is 0 Å². The Hall–Kier alpha value is -3.40. The molecule has 2 aromatic heterocycles. The summed E-state index contributed by atoms with van der Waals surface area (Å²) in [6.45, 7) is 6.36. The van der Waals surface area contributed by atoms with E-state index in [-0.39, 0.29) is 5.92 Å². The van der Waals surface area contributed by atoms with Crippen LogP contribution >= 0.6 is 0 Å². The van der Waals surface area contributed by atoms with Crippen molar-refractivity contribution < 1.29 is 8.98 Å². The smallest absolute Gasteiger partial charge is 0.297 e. The number of aromatic nitrogens is 3. The van der Waals surface area contributed by atoms with Gasteiger partial charge in [0.1, 0.15) is 11.2 Å². The quantitative estimate of drug-likeness (QED) is 0.375. The van der Waals surface area contributed by atoms with E-state index >= 15 is 0 Å². The van der Waals surface area contributed by atoms with Crippen molar-refractivity contribution in [3.63, 3.8) is 0 Å². The van der Waals surface area contributed by atoms with Crippen LogP contribution in [0.15, 0.2) is 71.1 Å². The molecule has 3 aromatic carbocycles. The first-order valence-electron chi connectivity index (χ1n) is 10.0. The number of hydrogen-bond acceptors (Lipinski definition) is 2. The van der Waals surface area contributed by atoms with Crippen molar-refractivity contribution in [1.82, 2.24) is 9.55 Å². The fourth-order valence-electron chi connectivity index (χ4n) is 4.07. The topological polar surface area (TPSA) is 34.8 Å². The largest absolute Gasteiger partial charge is 0.440 e. The molecule has 144 valence electrons. The second-order valence-electron chi connectivity index (χ2n) is 7.85. The summed E-state index contributed by atoms with van der Waals surface area (Å²) in [4.78, 5) is 4.90. The van der Waals surface area contributed by atoms with Gasteiger partial charge < -0.3 is 4.42 Å². The maximum Gasteiger partial charge on any atom is 0.297 e. The Bertz CT molecular complexity index is 1340. The Morgan fingerprint density at radius 2 is 1.66 bits per heavy atom. The van der Waals surface area contributed by atoms with E-state index in [2.05, 4.69) is 91.6 Å². The molecule has 0 fully saturated rings. The molecule has 4 heteroatoms. The van der Waals surface area contributed by atoms with Crippen LogP contribution in [0.5, 0.6) is 0 Å². The molecular formula is C25H24N3O+. The molecule has 0 saturated heterocycles. The summed E-state index contributed by atoms with van der Waals surface area (Å²) < 4.78 is 10.7. The Labute approximate surface area is 170 Å². The predicted molar refractivity (Wildman–Crippen MR) is 116 cm³/mol. The average molecular weight is 382 g/mol. The Balaban J connectivity index is 1.94. The molecule has 0 spiro atoms. The number of aryl methyl sites for hydroxylation is 2. The number of nitrogens with zero attached hydrogens (tertiary/aromatic N) is 3. The van der Waals surface area contributed by atoms with Crippen LogP contribution in [-0.4, -0.2) is 9.55 Å². The van der Waals surface area contributed by atoms with Gasteiger partial charge in [0.15, 0.2) is 22.5 Å². The highest BCUT2D eigenvalue weighted by molar-refractivity contribution is 5.92. The van der Waals surface area contributed by atoms with Gasteiger partial charge in [0, 0.05) is 5.92 Å². The molecule has 5 aromatic rings. The first kappa shape index (κ1) is 17.7. The van der Waals surface area contributed by atoms with Crippen molar-refractivity contribution >= 4 is 22.1 Å². The predicted octanol–water partition coefficient (Wildman–Crippen LogP) is 5.70. The standard InChI is InChI=1S/C25H24N3O/c1-16(2)24-26-23-21(29-24)15-14-17(3)22(23)25-27(4)19-12-8-9-13-20(19)28(25)18-10-6-5-7-11-18/h5-16H,1-4H3/q+1. The zero-order valence-electron chi connectivity index (χ0n) is 17.2. The zero-order chi connectivity index (χ0) is 20.1. The zero-order valence-corrected chi connectivity index (χ0v) is 17.2. The third-order valence-electron chi connectivity index (χ3n) is 5.53. The Morgan fingerprint density at radius 1 is 0.931 bits per heavy atom. The molecule has 0 aliphatic heterocycles. The second-order valence-corrected chi connectivity index (χ2v) is 7.85. The summed E-state index contributed by atoms with van der Waals surface area (Å²) in [5, 5.41) is 0. The van der Waals surface area contributed by atoms with Crippen LogP contribution in [0.2, 0.25) is 0 Å². The van der Waals surface area contributed by atoms with Crippen molar-refractivity contribution in [1.29, 1.82) is 0 Å². The van der Waals surface area contributed by atoms with E-state index < -0.39 is 0 Å². The molecular weight excluding hydrogens is 358 g/mol. The highest BCUT2D eigenvalue weighted by Crippen LogP contribution is 2.35. The molecule has 0 aliphatic rings. The van der Waals surface area contributed by atoms with Crippen LogP contribution in [0, 0.1) is 6.92 Å². The summed E-state index contributed by atoms with van der Waals surface area (Å²) in [6.07, 6.45) is 0. The van der Waals surface area contributed by atoms with E-state index in [1.165, 1.54) is 16.6 Å². The van der Waals surface area contributed by atoms with Crippen LogP contribution in [0.4, 0.5) is 0 Å². The molecule has 0 bridgehead atoms. The van der Waals surface area contributed by atoms with Crippen LogP contribution in [0.25, 0.3) is 39.2 Å². The highest BCUT2D eigenvalue weighted by Gasteiger charge is 2.30. The lowest BCUT2D eigenvalue weighted by atomic mass is 10.1. The summed E-state index contributed by atoms with van der Waals surface area (Å²) >= 11 is 0. The fourth-order valence-corrected chi connectivity index (χ4v) is 4.07. The third kappa shape index (κ3) is 2.67. The van der Waals surface area contributed by atoms with E-state index in [1.807, 2.05) is 12.1 Å². The van der Waals surface area contributed by atoms with Gasteiger partial charge in [-0.1, -0.05) is 50.2 Å². The number of para-hydroxylation sites is 3. The number of oxazole rings is 1. The van der Waals surface area contributed by atoms with Crippen LogP contribution in [0.1, 0.15) is 31.2 Å². The lowest BCUT2D eigenvalue weighted by molar-refractivity contribution is -0.633. The monoisotopic (exact) mass is 382 g/mol. The van der Waals surface area contributed by atoms with Gasteiger partial charge in [-0.15, -0.1) is 0 Å². The van der Waals surface area contributed by atoms with Crippen molar-refractivity contribution in [2.24, 2.45) is 7.05 Å². The fraction of sp³-hybridized carbons (Fsp3) is 0.200. The minimum absolute atomic E-state index is 0.240. The molecule has 0 atom stereocenters. The van der Waals surface area contributed by atoms with Gasteiger partial charge in [-0.05, 0) is 42.8 Å². The van der Waals surface area contributed by atoms with E-state index in [0.717, 1.165) is 34.1 Å². The second kappa shape index (κ2) is 6.59. The third-order valence-corrected chi connectivity index (χ3v) is 5.53. The number of fused-ring (bicyclic) bond motifs is 2.